The van der Waals surface area contributed by atoms with Crippen LogP contribution in [0.4, 0.5) is 18.9 Å². The second-order valence-electron chi connectivity index (χ2n) is 6.80. The van der Waals surface area contributed by atoms with Crippen molar-refractivity contribution in [1.82, 2.24) is 4.98 Å². The molecule has 1 aliphatic heterocycles. The molecule has 0 radical (unpaired) electrons. The number of hydrogen-bond acceptors (Lipinski definition) is 3. The molecule has 0 spiro atoms. The van der Waals surface area contributed by atoms with E-state index in [1.165, 1.54) is 17.7 Å². The largest absolute Gasteiger partial charge is 0.489 e. The highest BCUT2D eigenvalue weighted by atomic mass is 19.4. The van der Waals surface area contributed by atoms with Crippen LogP contribution in [0, 0.1) is 6.92 Å². The number of benzene rings is 2. The summed E-state index contributed by atoms with van der Waals surface area (Å²) in [4.78, 5) is 4.53. The number of aromatic nitrogens is 1. The van der Waals surface area contributed by atoms with Gasteiger partial charge in [0.05, 0.1) is 11.3 Å². The Balaban J connectivity index is 1.47. The minimum absolute atomic E-state index is 0.380. The Morgan fingerprint density at radius 2 is 1.82 bits per heavy atom. The molecule has 6 heteroatoms. The lowest BCUT2D eigenvalue weighted by molar-refractivity contribution is -0.137. The zero-order valence-electron chi connectivity index (χ0n) is 15.3. The molecular weight excluding hydrogens is 365 g/mol. The summed E-state index contributed by atoms with van der Waals surface area (Å²) in [5, 5.41) is 3.33. The van der Waals surface area contributed by atoms with E-state index in [-0.39, 0.29) is 0 Å². The first-order valence-electron chi connectivity index (χ1n) is 9.04. The van der Waals surface area contributed by atoms with Crippen molar-refractivity contribution in [2.75, 3.05) is 11.9 Å². The minimum atomic E-state index is -4.34. The molecule has 1 aromatic heterocycles. The molecule has 0 fully saturated rings. The average Bonchev–Trinajstić information content (AvgIpc) is 3.14. The molecular formula is C22H19F3N2O. The van der Waals surface area contributed by atoms with Crippen LogP contribution >= 0.6 is 0 Å². The number of fused-ring (bicyclic) bond motifs is 1. The Morgan fingerprint density at radius 1 is 1.04 bits per heavy atom. The van der Waals surface area contributed by atoms with Crippen LogP contribution in [0.2, 0.25) is 0 Å². The minimum Gasteiger partial charge on any atom is -0.489 e. The second kappa shape index (κ2) is 7.19. The van der Waals surface area contributed by atoms with Gasteiger partial charge in [-0.05, 0) is 43.2 Å². The number of pyridine rings is 1. The number of anilines is 1. The smallest absolute Gasteiger partial charge is 0.416 e. The van der Waals surface area contributed by atoms with Gasteiger partial charge in [-0.3, -0.25) is 4.98 Å². The third-order valence-corrected chi connectivity index (χ3v) is 4.89. The van der Waals surface area contributed by atoms with E-state index < -0.39 is 11.7 Å². The number of alkyl halides is 3. The molecule has 28 heavy (non-hydrogen) atoms. The van der Waals surface area contributed by atoms with Crippen molar-refractivity contribution >= 4 is 5.69 Å². The number of nitrogens with one attached hydrogen (secondary N) is 1. The molecule has 3 nitrogen and oxygen atoms in total. The van der Waals surface area contributed by atoms with Crippen molar-refractivity contribution in [3.8, 4) is 17.0 Å². The number of hydrogen-bond donors (Lipinski definition) is 1. The molecule has 4 rings (SSSR count). The van der Waals surface area contributed by atoms with Crippen LogP contribution in [0.3, 0.4) is 0 Å². The number of halogens is 3. The van der Waals surface area contributed by atoms with Crippen molar-refractivity contribution in [3.63, 3.8) is 0 Å². The van der Waals surface area contributed by atoms with E-state index in [1.54, 1.807) is 6.07 Å². The molecule has 0 unspecified atom stereocenters. The first-order valence-corrected chi connectivity index (χ1v) is 9.04. The van der Waals surface area contributed by atoms with Crippen LogP contribution in [0.1, 0.15) is 22.4 Å². The molecule has 1 N–H and O–H groups in total. The molecule has 2 aromatic carbocycles. The topological polar surface area (TPSA) is 34.1 Å². The standard InChI is InChI=1S/C22H19F3N2O/c1-14-17(13-28-19-8-4-16-10-11-26-21(16)12-19)5-9-20(27-14)15-2-6-18(7-3-15)22(23,24)25/h2-9,12,26H,10-11,13H2,1H3. The average molecular weight is 384 g/mol. The van der Waals surface area contributed by atoms with Gasteiger partial charge in [0.2, 0.25) is 0 Å². The van der Waals surface area contributed by atoms with E-state index in [9.17, 15) is 13.2 Å². The maximum absolute atomic E-state index is 12.7. The van der Waals surface area contributed by atoms with Crippen LogP contribution < -0.4 is 10.1 Å². The Kier molecular flexibility index (Phi) is 4.71. The Morgan fingerprint density at radius 3 is 2.54 bits per heavy atom. The summed E-state index contributed by atoms with van der Waals surface area (Å²) < 4.78 is 44.0. The lowest BCUT2D eigenvalue weighted by Crippen LogP contribution is -2.04. The summed E-state index contributed by atoms with van der Waals surface area (Å²) in [6.07, 6.45) is -3.31. The van der Waals surface area contributed by atoms with Gasteiger partial charge in [0, 0.05) is 35.1 Å². The van der Waals surface area contributed by atoms with Gasteiger partial charge < -0.3 is 10.1 Å². The molecule has 1 aliphatic rings. The number of ether oxygens (including phenoxy) is 1. The van der Waals surface area contributed by atoms with Gasteiger partial charge in [0.1, 0.15) is 12.4 Å². The Labute approximate surface area is 161 Å². The third kappa shape index (κ3) is 3.81. The highest BCUT2D eigenvalue weighted by Gasteiger charge is 2.30. The van der Waals surface area contributed by atoms with E-state index in [0.29, 0.717) is 17.9 Å². The zero-order chi connectivity index (χ0) is 19.7. The summed E-state index contributed by atoms with van der Waals surface area (Å²) >= 11 is 0. The van der Waals surface area contributed by atoms with Crippen molar-refractivity contribution in [1.29, 1.82) is 0 Å². The molecule has 0 saturated carbocycles. The fourth-order valence-electron chi connectivity index (χ4n) is 3.25. The number of nitrogens with zero attached hydrogens (tertiary/aromatic N) is 1. The predicted molar refractivity (Wildman–Crippen MR) is 102 cm³/mol. The highest BCUT2D eigenvalue weighted by Crippen LogP contribution is 2.31. The van der Waals surface area contributed by atoms with Gasteiger partial charge in [-0.25, -0.2) is 0 Å². The quantitative estimate of drug-likeness (QED) is 0.634. The monoisotopic (exact) mass is 384 g/mol. The Hall–Kier alpha value is -3.02. The molecule has 0 bridgehead atoms. The Bertz CT molecular complexity index is 998. The summed E-state index contributed by atoms with van der Waals surface area (Å²) in [6, 6.07) is 14.8. The van der Waals surface area contributed by atoms with Crippen molar-refractivity contribution in [2.24, 2.45) is 0 Å². The maximum Gasteiger partial charge on any atom is 0.416 e. The first kappa shape index (κ1) is 18.3. The van der Waals surface area contributed by atoms with Gasteiger partial charge in [0.15, 0.2) is 0 Å². The van der Waals surface area contributed by atoms with Crippen LogP contribution in [-0.2, 0) is 19.2 Å². The molecule has 0 amide bonds. The van der Waals surface area contributed by atoms with Crippen LogP contribution in [-0.4, -0.2) is 11.5 Å². The molecule has 2 heterocycles. The van der Waals surface area contributed by atoms with Gasteiger partial charge in [0.25, 0.3) is 0 Å². The number of rotatable bonds is 4. The van der Waals surface area contributed by atoms with E-state index >= 15 is 0 Å². The highest BCUT2D eigenvalue weighted by molar-refractivity contribution is 5.60. The fourth-order valence-corrected chi connectivity index (χ4v) is 3.25. The third-order valence-electron chi connectivity index (χ3n) is 4.89. The molecule has 3 aromatic rings. The second-order valence-corrected chi connectivity index (χ2v) is 6.80. The van der Waals surface area contributed by atoms with Crippen LogP contribution in [0.25, 0.3) is 11.3 Å². The van der Waals surface area contributed by atoms with Crippen molar-refractivity contribution in [2.45, 2.75) is 26.1 Å². The lowest BCUT2D eigenvalue weighted by Gasteiger charge is -2.12. The van der Waals surface area contributed by atoms with E-state index in [1.807, 2.05) is 25.1 Å². The normalized spacial score (nSPS) is 13.1. The molecule has 0 saturated heterocycles. The predicted octanol–water partition coefficient (Wildman–Crippen LogP) is 5.62. The number of aryl methyl sites for hydroxylation is 1. The summed E-state index contributed by atoms with van der Waals surface area (Å²) in [7, 11) is 0. The van der Waals surface area contributed by atoms with Gasteiger partial charge >= 0.3 is 6.18 Å². The SMILES string of the molecule is Cc1nc(-c2ccc(C(F)(F)F)cc2)ccc1COc1ccc2c(c1)NCC2. The summed E-state index contributed by atoms with van der Waals surface area (Å²) in [6.45, 7) is 3.20. The van der Waals surface area contributed by atoms with Gasteiger partial charge in [-0.1, -0.05) is 24.3 Å². The van der Waals surface area contributed by atoms with Crippen molar-refractivity contribution in [3.05, 3.63) is 77.0 Å². The van der Waals surface area contributed by atoms with Gasteiger partial charge in [-0.2, -0.15) is 13.2 Å². The van der Waals surface area contributed by atoms with Crippen molar-refractivity contribution < 1.29 is 17.9 Å². The molecule has 0 aliphatic carbocycles. The zero-order valence-corrected chi connectivity index (χ0v) is 15.3. The molecule has 144 valence electrons. The van der Waals surface area contributed by atoms with E-state index in [0.717, 1.165) is 47.8 Å². The van der Waals surface area contributed by atoms with Crippen LogP contribution in [0.5, 0.6) is 5.75 Å². The fraction of sp³-hybridized carbons (Fsp3) is 0.227. The summed E-state index contributed by atoms with van der Waals surface area (Å²) in [5.41, 5.74) is 4.75. The summed E-state index contributed by atoms with van der Waals surface area (Å²) in [5.74, 6) is 0.791. The van der Waals surface area contributed by atoms with E-state index in [2.05, 4.69) is 16.4 Å². The lowest BCUT2D eigenvalue weighted by atomic mass is 10.1. The van der Waals surface area contributed by atoms with Crippen LogP contribution in [0.15, 0.2) is 54.6 Å². The van der Waals surface area contributed by atoms with E-state index in [4.69, 9.17) is 4.74 Å². The van der Waals surface area contributed by atoms with Gasteiger partial charge in [-0.15, -0.1) is 0 Å². The maximum atomic E-state index is 12.7. The first-order chi connectivity index (χ1) is 13.4. The molecule has 0 atom stereocenters.